The van der Waals surface area contributed by atoms with Gasteiger partial charge >= 0.3 is 11.9 Å². The van der Waals surface area contributed by atoms with Gasteiger partial charge in [0.2, 0.25) is 0 Å². The topological polar surface area (TPSA) is 128 Å². The quantitative estimate of drug-likeness (QED) is 0.520. The van der Waals surface area contributed by atoms with Gasteiger partial charge < -0.3 is 15.2 Å². The van der Waals surface area contributed by atoms with Crippen LogP contribution in [0.25, 0.3) is 0 Å². The highest BCUT2D eigenvalue weighted by Crippen LogP contribution is 2.34. The Labute approximate surface area is 158 Å². The molecule has 2 aromatic rings. The van der Waals surface area contributed by atoms with E-state index in [2.05, 4.69) is 10.4 Å². The highest BCUT2D eigenvalue weighted by atomic mass is 32.1. The average molecular weight is 393 g/mol. The third-order valence-electron chi connectivity index (χ3n) is 3.66. The number of aryl methyl sites for hydroxylation is 1. The van der Waals surface area contributed by atoms with Gasteiger partial charge in [-0.05, 0) is 32.4 Å². The highest BCUT2D eigenvalue weighted by molar-refractivity contribution is 7.18. The van der Waals surface area contributed by atoms with Gasteiger partial charge in [-0.1, -0.05) is 0 Å². The molecule has 0 atom stereocenters. The van der Waals surface area contributed by atoms with Crippen LogP contribution in [0.4, 0.5) is 5.00 Å². The number of hydrogen-bond acceptors (Lipinski definition) is 7. The van der Waals surface area contributed by atoms with Crippen LogP contribution < -0.4 is 5.32 Å². The zero-order chi connectivity index (χ0) is 20.1. The maximum Gasteiger partial charge on any atom is 0.341 e. The minimum absolute atomic E-state index is 0.0258. The van der Waals surface area contributed by atoms with E-state index in [4.69, 9.17) is 9.84 Å². The summed E-state index contributed by atoms with van der Waals surface area (Å²) in [5.74, 6) is -2.44. The highest BCUT2D eigenvalue weighted by Gasteiger charge is 2.26. The van der Waals surface area contributed by atoms with E-state index in [0.717, 1.165) is 11.3 Å². The first-order chi connectivity index (χ1) is 12.8. The molecule has 0 spiro atoms. The summed E-state index contributed by atoms with van der Waals surface area (Å²) in [6.07, 6.45) is 1.19. The van der Waals surface area contributed by atoms with Crippen LogP contribution in [0.1, 0.15) is 56.3 Å². The number of carbonyl (C=O) groups excluding carboxylic acids is 3. The van der Waals surface area contributed by atoms with Gasteiger partial charge in [-0.25, -0.2) is 4.79 Å². The molecule has 0 aliphatic heterocycles. The van der Waals surface area contributed by atoms with Crippen molar-refractivity contribution in [3.8, 4) is 0 Å². The number of carboxylic acids is 1. The van der Waals surface area contributed by atoms with Crippen LogP contribution in [-0.4, -0.2) is 45.1 Å². The molecule has 0 aliphatic carbocycles. The van der Waals surface area contributed by atoms with Crippen molar-refractivity contribution < 1.29 is 29.0 Å². The average Bonchev–Trinajstić information content (AvgIpc) is 3.17. The van der Waals surface area contributed by atoms with Crippen LogP contribution >= 0.6 is 11.3 Å². The van der Waals surface area contributed by atoms with Gasteiger partial charge in [-0.15, -0.1) is 11.3 Å². The molecule has 0 fully saturated rings. The van der Waals surface area contributed by atoms with Gasteiger partial charge in [-0.2, -0.15) is 5.10 Å². The zero-order valence-electron chi connectivity index (χ0n) is 15.1. The first kappa shape index (κ1) is 20.3. The van der Waals surface area contributed by atoms with Crippen LogP contribution in [0.2, 0.25) is 0 Å². The third-order valence-corrected chi connectivity index (χ3v) is 4.97. The monoisotopic (exact) mass is 393 g/mol. The number of nitrogens with zero attached hydrogens (tertiary/aromatic N) is 2. The molecular weight excluding hydrogens is 374 g/mol. The van der Waals surface area contributed by atoms with Crippen molar-refractivity contribution in [2.24, 2.45) is 0 Å². The Morgan fingerprint density at radius 1 is 1.33 bits per heavy atom. The Hall–Kier alpha value is -3.01. The summed E-state index contributed by atoms with van der Waals surface area (Å²) >= 11 is 0.992. The van der Waals surface area contributed by atoms with Crippen LogP contribution in [0.5, 0.6) is 0 Å². The summed E-state index contributed by atoms with van der Waals surface area (Å²) in [7, 11) is 0. The van der Waals surface area contributed by atoms with Crippen molar-refractivity contribution in [3.05, 3.63) is 34.0 Å². The molecule has 9 nitrogen and oxygen atoms in total. The van der Waals surface area contributed by atoms with E-state index >= 15 is 0 Å². The summed E-state index contributed by atoms with van der Waals surface area (Å²) < 4.78 is 6.29. The number of ketones is 1. The first-order valence-corrected chi connectivity index (χ1v) is 8.94. The van der Waals surface area contributed by atoms with Crippen LogP contribution in [-0.2, 0) is 16.1 Å². The second-order valence-corrected chi connectivity index (χ2v) is 6.60. The molecule has 2 N–H and O–H groups in total. The number of ether oxygens (including phenoxy) is 1. The molecule has 0 aliphatic rings. The number of esters is 1. The molecule has 0 unspecified atom stereocenters. The van der Waals surface area contributed by atoms with Crippen LogP contribution in [0.3, 0.4) is 0 Å². The molecule has 10 heteroatoms. The molecule has 2 heterocycles. The number of amides is 1. The maximum absolute atomic E-state index is 12.6. The minimum atomic E-state index is -1.01. The van der Waals surface area contributed by atoms with Crippen LogP contribution in [0, 0.1) is 6.92 Å². The Morgan fingerprint density at radius 3 is 2.63 bits per heavy atom. The van der Waals surface area contributed by atoms with Crippen LogP contribution in [0.15, 0.2) is 12.3 Å². The molecule has 0 radical (unpaired) electrons. The molecule has 2 aromatic heterocycles. The van der Waals surface area contributed by atoms with Gasteiger partial charge in [0, 0.05) is 6.20 Å². The lowest BCUT2D eigenvalue weighted by Crippen LogP contribution is -2.20. The van der Waals surface area contributed by atoms with Crippen molar-refractivity contribution in [1.82, 2.24) is 9.78 Å². The van der Waals surface area contributed by atoms with E-state index < -0.39 is 17.8 Å². The van der Waals surface area contributed by atoms with Crippen molar-refractivity contribution >= 4 is 40.0 Å². The molecule has 0 saturated carbocycles. The van der Waals surface area contributed by atoms with Crippen molar-refractivity contribution in [3.63, 3.8) is 0 Å². The van der Waals surface area contributed by atoms with E-state index in [0.29, 0.717) is 10.4 Å². The predicted molar refractivity (Wildman–Crippen MR) is 97.5 cm³/mol. The molecule has 144 valence electrons. The maximum atomic E-state index is 12.6. The molecule has 0 saturated heterocycles. The lowest BCUT2D eigenvalue weighted by molar-refractivity contribution is -0.137. The van der Waals surface area contributed by atoms with Gasteiger partial charge in [0.15, 0.2) is 5.78 Å². The molecule has 2 rings (SSSR count). The summed E-state index contributed by atoms with van der Waals surface area (Å²) in [6.45, 7) is 4.83. The number of aliphatic carboxylic acids is 1. The second kappa shape index (κ2) is 8.58. The molecule has 27 heavy (non-hydrogen) atoms. The second-order valence-electron chi connectivity index (χ2n) is 5.57. The summed E-state index contributed by atoms with van der Waals surface area (Å²) in [6, 6.07) is 1.44. The number of aromatic nitrogens is 2. The summed E-state index contributed by atoms with van der Waals surface area (Å²) in [5, 5.41) is 15.5. The summed E-state index contributed by atoms with van der Waals surface area (Å²) in [4.78, 5) is 47.8. The lowest BCUT2D eigenvalue weighted by atomic mass is 10.1. The van der Waals surface area contributed by atoms with Crippen molar-refractivity contribution in [2.45, 2.75) is 33.7 Å². The number of Topliss-reactive ketones (excluding diaryl/α,β-unsaturated/α-hetero) is 1. The SMILES string of the molecule is CCOC(=O)c1c(NC(=O)c2ccnn2CCC(=O)O)sc(C(C)=O)c1C. The van der Waals surface area contributed by atoms with E-state index in [1.54, 1.807) is 13.8 Å². The van der Waals surface area contributed by atoms with Crippen molar-refractivity contribution in [1.29, 1.82) is 0 Å². The largest absolute Gasteiger partial charge is 0.481 e. The molecule has 0 bridgehead atoms. The molecule has 0 aromatic carbocycles. The van der Waals surface area contributed by atoms with Gasteiger partial charge in [-0.3, -0.25) is 19.1 Å². The van der Waals surface area contributed by atoms with Gasteiger partial charge in [0.25, 0.3) is 5.91 Å². The van der Waals surface area contributed by atoms with E-state index in [9.17, 15) is 19.2 Å². The van der Waals surface area contributed by atoms with E-state index in [1.807, 2.05) is 0 Å². The Bertz CT molecular complexity index is 899. The van der Waals surface area contributed by atoms with E-state index in [1.165, 1.54) is 23.9 Å². The number of carboxylic acid groups (broad SMARTS) is 1. The number of nitrogens with one attached hydrogen (secondary N) is 1. The fraction of sp³-hybridized carbons (Fsp3) is 0.353. The normalized spacial score (nSPS) is 10.5. The van der Waals surface area contributed by atoms with Gasteiger partial charge in [0.05, 0.1) is 30.0 Å². The number of carbonyl (C=O) groups is 4. The van der Waals surface area contributed by atoms with E-state index in [-0.39, 0.29) is 41.6 Å². The standard InChI is InChI=1S/C17H19N3O6S/c1-4-26-17(25)13-9(2)14(10(3)21)27-16(13)19-15(24)11-5-7-18-20(11)8-6-12(22)23/h5,7H,4,6,8H2,1-3H3,(H,19,24)(H,22,23). The smallest absolute Gasteiger partial charge is 0.341 e. The lowest BCUT2D eigenvalue weighted by Gasteiger charge is -2.08. The first-order valence-electron chi connectivity index (χ1n) is 8.12. The molecular formula is C17H19N3O6S. The molecule has 1 amide bonds. The Balaban J connectivity index is 2.34. The number of anilines is 1. The fourth-order valence-corrected chi connectivity index (χ4v) is 3.54. The van der Waals surface area contributed by atoms with Gasteiger partial charge in [0.1, 0.15) is 10.7 Å². The Kier molecular flexibility index (Phi) is 6.45. The van der Waals surface area contributed by atoms with Crippen molar-refractivity contribution in [2.75, 3.05) is 11.9 Å². The minimum Gasteiger partial charge on any atom is -0.481 e. The summed E-state index contributed by atoms with van der Waals surface area (Å²) in [5.41, 5.74) is 0.721. The predicted octanol–water partition coefficient (Wildman–Crippen LogP) is 2.36. The zero-order valence-corrected chi connectivity index (χ0v) is 15.9. The Morgan fingerprint density at radius 2 is 2.04 bits per heavy atom. The number of rotatable bonds is 8. The third kappa shape index (κ3) is 4.59. The number of thiophene rings is 1. The number of hydrogen-bond donors (Lipinski definition) is 2. The fourth-order valence-electron chi connectivity index (χ4n) is 2.46.